The Morgan fingerprint density at radius 3 is 2.71 bits per heavy atom. The molecular weight excluding hydrogens is 282 g/mol. The number of carbonyl (C=O) groups is 1. The largest absolute Gasteiger partial charge is 0.386 e. The first-order valence-corrected chi connectivity index (χ1v) is 8.07. The second-order valence-electron chi connectivity index (χ2n) is 5.13. The summed E-state index contributed by atoms with van der Waals surface area (Å²) in [4.78, 5) is 12.7. The molecule has 0 fully saturated rings. The summed E-state index contributed by atoms with van der Waals surface area (Å²) in [6, 6.07) is 12.1. The highest BCUT2D eigenvalue weighted by Gasteiger charge is 2.12. The Balaban J connectivity index is 1.67. The molecule has 0 aliphatic heterocycles. The van der Waals surface area contributed by atoms with Crippen LogP contribution in [0.1, 0.15) is 34.9 Å². The summed E-state index contributed by atoms with van der Waals surface area (Å²) in [5.41, 5.74) is 2.32. The molecule has 112 valence electrons. The molecule has 2 N–H and O–H groups in total. The van der Waals surface area contributed by atoms with Crippen LogP contribution >= 0.6 is 11.3 Å². The second kappa shape index (κ2) is 7.96. The topological polar surface area (TPSA) is 49.3 Å². The highest BCUT2D eigenvalue weighted by molar-refractivity contribution is 7.10. The van der Waals surface area contributed by atoms with Crippen molar-refractivity contribution in [2.75, 3.05) is 6.54 Å². The number of amides is 1. The quantitative estimate of drug-likeness (QED) is 0.825. The van der Waals surface area contributed by atoms with Gasteiger partial charge >= 0.3 is 0 Å². The lowest BCUT2D eigenvalue weighted by atomic mass is 10.1. The van der Waals surface area contributed by atoms with Crippen molar-refractivity contribution < 1.29 is 9.90 Å². The van der Waals surface area contributed by atoms with Gasteiger partial charge in [-0.3, -0.25) is 4.79 Å². The van der Waals surface area contributed by atoms with E-state index in [2.05, 4.69) is 17.4 Å². The molecule has 21 heavy (non-hydrogen) atoms. The number of aryl methyl sites for hydroxylation is 2. The molecule has 2 aromatic rings. The first-order valence-electron chi connectivity index (χ1n) is 7.19. The van der Waals surface area contributed by atoms with Crippen molar-refractivity contribution in [3.05, 3.63) is 57.8 Å². The molecule has 2 rings (SSSR count). The molecule has 1 aromatic heterocycles. The van der Waals surface area contributed by atoms with Crippen molar-refractivity contribution in [2.45, 2.75) is 32.3 Å². The van der Waals surface area contributed by atoms with Gasteiger partial charge in [0.25, 0.3) is 0 Å². The van der Waals surface area contributed by atoms with E-state index in [4.69, 9.17) is 0 Å². The molecule has 1 aromatic carbocycles. The van der Waals surface area contributed by atoms with Gasteiger partial charge in [0.2, 0.25) is 5.91 Å². The molecule has 0 bridgehead atoms. The average molecular weight is 303 g/mol. The van der Waals surface area contributed by atoms with Gasteiger partial charge in [-0.05, 0) is 42.3 Å². The van der Waals surface area contributed by atoms with Gasteiger partial charge in [0.05, 0.1) is 0 Å². The lowest BCUT2D eigenvalue weighted by Gasteiger charge is -2.11. The van der Waals surface area contributed by atoms with E-state index >= 15 is 0 Å². The number of nitrogens with one attached hydrogen (secondary N) is 1. The van der Waals surface area contributed by atoms with Gasteiger partial charge in [-0.2, -0.15) is 0 Å². The van der Waals surface area contributed by atoms with E-state index in [1.165, 1.54) is 16.9 Å². The van der Waals surface area contributed by atoms with Crippen LogP contribution in [-0.4, -0.2) is 17.6 Å². The highest BCUT2D eigenvalue weighted by atomic mass is 32.1. The van der Waals surface area contributed by atoms with Crippen LogP contribution in [0.3, 0.4) is 0 Å². The summed E-state index contributed by atoms with van der Waals surface area (Å²) in [6.07, 6.45) is 1.61. The molecule has 1 amide bonds. The molecule has 3 nitrogen and oxygen atoms in total. The summed E-state index contributed by atoms with van der Waals surface area (Å²) >= 11 is 1.52. The fourth-order valence-electron chi connectivity index (χ4n) is 2.22. The van der Waals surface area contributed by atoms with Crippen molar-refractivity contribution >= 4 is 17.2 Å². The van der Waals surface area contributed by atoms with Crippen LogP contribution in [0, 0.1) is 6.92 Å². The van der Waals surface area contributed by atoms with Crippen molar-refractivity contribution in [3.63, 3.8) is 0 Å². The van der Waals surface area contributed by atoms with Crippen molar-refractivity contribution in [2.24, 2.45) is 0 Å². The van der Waals surface area contributed by atoms with Gasteiger partial charge in [-0.25, -0.2) is 0 Å². The molecule has 0 radical (unpaired) electrons. The molecular formula is C17H21NO2S. The Kier molecular flexibility index (Phi) is 5.96. The third-order valence-corrected chi connectivity index (χ3v) is 4.53. The predicted molar refractivity (Wildman–Crippen MR) is 86.4 cm³/mol. The normalized spacial score (nSPS) is 12.1. The molecule has 0 saturated carbocycles. The van der Waals surface area contributed by atoms with Gasteiger partial charge in [0, 0.05) is 17.8 Å². The van der Waals surface area contributed by atoms with Crippen LogP contribution in [-0.2, 0) is 11.2 Å². The van der Waals surface area contributed by atoms with Crippen molar-refractivity contribution in [1.29, 1.82) is 0 Å². The Bertz CT molecular complexity index is 565. The van der Waals surface area contributed by atoms with Crippen LogP contribution in [0.15, 0.2) is 41.8 Å². The Hall–Kier alpha value is -1.65. The zero-order valence-corrected chi connectivity index (χ0v) is 13.0. The van der Waals surface area contributed by atoms with E-state index in [-0.39, 0.29) is 12.5 Å². The molecule has 1 heterocycles. The number of hydrogen-bond acceptors (Lipinski definition) is 3. The molecule has 0 spiro atoms. The van der Waals surface area contributed by atoms with Gasteiger partial charge in [0.1, 0.15) is 6.10 Å². The van der Waals surface area contributed by atoms with Crippen molar-refractivity contribution in [3.8, 4) is 0 Å². The fraction of sp³-hybridized carbons (Fsp3) is 0.353. The Morgan fingerprint density at radius 1 is 1.29 bits per heavy atom. The van der Waals surface area contributed by atoms with E-state index in [1.54, 1.807) is 0 Å². The lowest BCUT2D eigenvalue weighted by Crippen LogP contribution is -2.28. The zero-order chi connectivity index (χ0) is 15.1. The monoisotopic (exact) mass is 303 g/mol. The molecule has 1 atom stereocenters. The molecule has 0 saturated heterocycles. The number of rotatable bonds is 7. The van der Waals surface area contributed by atoms with Crippen LogP contribution in [0.2, 0.25) is 0 Å². The first kappa shape index (κ1) is 15.7. The SMILES string of the molecule is Cc1ccsc1C(O)CNC(=O)CCCc1ccccc1. The maximum atomic E-state index is 11.8. The van der Waals surface area contributed by atoms with E-state index in [9.17, 15) is 9.90 Å². The Morgan fingerprint density at radius 2 is 2.05 bits per heavy atom. The minimum atomic E-state index is -0.608. The number of benzene rings is 1. The predicted octanol–water partition coefficient (Wildman–Crippen LogP) is 3.23. The zero-order valence-electron chi connectivity index (χ0n) is 12.2. The molecule has 4 heteroatoms. The van der Waals surface area contributed by atoms with E-state index in [1.807, 2.05) is 36.6 Å². The molecule has 0 aliphatic carbocycles. The summed E-state index contributed by atoms with van der Waals surface area (Å²) in [6.45, 7) is 2.25. The first-order chi connectivity index (χ1) is 10.2. The van der Waals surface area contributed by atoms with Gasteiger partial charge in [-0.1, -0.05) is 30.3 Å². The summed E-state index contributed by atoms with van der Waals surface area (Å²) in [7, 11) is 0. The van der Waals surface area contributed by atoms with E-state index < -0.39 is 6.10 Å². The number of thiophene rings is 1. The highest BCUT2D eigenvalue weighted by Crippen LogP contribution is 2.23. The van der Waals surface area contributed by atoms with Crippen LogP contribution < -0.4 is 5.32 Å². The van der Waals surface area contributed by atoms with E-state index in [0.29, 0.717) is 6.42 Å². The standard InChI is InChI=1S/C17H21NO2S/c1-13-10-11-21-17(13)15(19)12-18-16(20)9-5-8-14-6-3-2-4-7-14/h2-4,6-7,10-11,15,19H,5,8-9,12H2,1H3,(H,18,20). The van der Waals surface area contributed by atoms with E-state index in [0.717, 1.165) is 23.3 Å². The van der Waals surface area contributed by atoms with Crippen LogP contribution in [0.5, 0.6) is 0 Å². The third-order valence-electron chi connectivity index (χ3n) is 3.41. The molecule has 1 unspecified atom stereocenters. The maximum Gasteiger partial charge on any atom is 0.220 e. The van der Waals surface area contributed by atoms with Crippen LogP contribution in [0.25, 0.3) is 0 Å². The average Bonchev–Trinajstić information content (AvgIpc) is 2.92. The summed E-state index contributed by atoms with van der Waals surface area (Å²) in [5, 5.41) is 14.8. The van der Waals surface area contributed by atoms with Gasteiger partial charge < -0.3 is 10.4 Å². The number of aliphatic hydroxyl groups excluding tert-OH is 1. The Labute approximate surface area is 129 Å². The smallest absolute Gasteiger partial charge is 0.220 e. The van der Waals surface area contributed by atoms with Crippen molar-refractivity contribution in [1.82, 2.24) is 5.32 Å². The van der Waals surface area contributed by atoms with Crippen LogP contribution in [0.4, 0.5) is 0 Å². The minimum absolute atomic E-state index is 0.000750. The second-order valence-corrected chi connectivity index (χ2v) is 6.07. The summed E-state index contributed by atoms with van der Waals surface area (Å²) < 4.78 is 0. The lowest BCUT2D eigenvalue weighted by molar-refractivity contribution is -0.121. The van der Waals surface area contributed by atoms with Gasteiger partial charge in [0.15, 0.2) is 0 Å². The van der Waals surface area contributed by atoms with Gasteiger partial charge in [-0.15, -0.1) is 11.3 Å². The molecule has 0 aliphatic rings. The number of hydrogen-bond donors (Lipinski definition) is 2. The maximum absolute atomic E-state index is 11.8. The number of aliphatic hydroxyl groups is 1. The summed E-state index contributed by atoms with van der Waals surface area (Å²) in [5.74, 6) is -0.000750. The third kappa shape index (κ3) is 4.99. The number of carbonyl (C=O) groups excluding carboxylic acids is 1. The fourth-order valence-corrected chi connectivity index (χ4v) is 3.13. The minimum Gasteiger partial charge on any atom is -0.386 e.